The summed E-state index contributed by atoms with van der Waals surface area (Å²) >= 11 is 0. The van der Waals surface area contributed by atoms with E-state index >= 15 is 0 Å². The highest BCUT2D eigenvalue weighted by Crippen LogP contribution is 2.44. The van der Waals surface area contributed by atoms with E-state index in [0.29, 0.717) is 31.4 Å². The van der Waals surface area contributed by atoms with Gasteiger partial charge in [-0.1, -0.05) is 30.3 Å². The summed E-state index contributed by atoms with van der Waals surface area (Å²) in [7, 11) is -4.75. The highest BCUT2D eigenvalue weighted by atomic mass is 31.2. The summed E-state index contributed by atoms with van der Waals surface area (Å²) in [4.78, 5) is 43.6. The summed E-state index contributed by atoms with van der Waals surface area (Å²) in [5.74, 6) is -0.300. The van der Waals surface area contributed by atoms with Crippen molar-refractivity contribution in [2.75, 3.05) is 33.1 Å². The summed E-state index contributed by atoms with van der Waals surface area (Å²) < 4.78 is 111. The van der Waals surface area contributed by atoms with Gasteiger partial charge in [-0.3, -0.25) is 9.32 Å². The molecule has 2 aromatic carbocycles. The lowest BCUT2D eigenvalue weighted by atomic mass is 9.75. The largest absolute Gasteiger partial charge is 0.510 e. The second kappa shape index (κ2) is 14.1. The van der Waals surface area contributed by atoms with Crippen molar-refractivity contribution in [1.29, 1.82) is 0 Å². The zero-order valence-corrected chi connectivity index (χ0v) is 25.9. The van der Waals surface area contributed by atoms with Gasteiger partial charge in [-0.25, -0.2) is 9.36 Å². The van der Waals surface area contributed by atoms with Crippen LogP contribution in [0.3, 0.4) is 0 Å². The lowest BCUT2D eigenvalue weighted by Gasteiger charge is -2.49. The van der Waals surface area contributed by atoms with E-state index in [2.05, 4.69) is 9.84 Å². The van der Waals surface area contributed by atoms with Crippen LogP contribution in [0.5, 0.6) is 0 Å². The molecule has 2 aliphatic heterocycles. The van der Waals surface area contributed by atoms with Crippen LogP contribution < -0.4 is 5.32 Å². The number of ether oxygens (including phenoxy) is 3. The molecular weight excluding hydrogens is 665 g/mol. The molecule has 4 rings (SSSR count). The van der Waals surface area contributed by atoms with E-state index in [1.54, 1.807) is 30.3 Å². The third-order valence-corrected chi connectivity index (χ3v) is 8.83. The Kier molecular flexibility index (Phi) is 11.0. The van der Waals surface area contributed by atoms with Crippen LogP contribution >= 0.6 is 7.82 Å². The number of carbonyl (C=O) groups is 2. The number of likely N-dealkylation sites (tertiary alicyclic amines) is 1. The summed E-state index contributed by atoms with van der Waals surface area (Å²) in [6.07, 6.45) is -11.1. The van der Waals surface area contributed by atoms with E-state index in [0.717, 1.165) is 5.56 Å². The molecule has 0 saturated carbocycles. The monoisotopic (exact) mass is 698 g/mol. The van der Waals surface area contributed by atoms with Crippen molar-refractivity contribution < 1.29 is 69.0 Å². The van der Waals surface area contributed by atoms with E-state index in [9.17, 15) is 40.5 Å². The number of benzene rings is 2. The number of piperidine rings is 1. The Morgan fingerprint density at radius 1 is 0.979 bits per heavy atom. The molecule has 1 amide bonds. The number of hydrogen-bond acceptors (Lipinski definition) is 8. The molecule has 11 nitrogen and oxygen atoms in total. The molecule has 3 N–H and O–H groups in total. The highest BCUT2D eigenvalue weighted by Gasteiger charge is 2.51. The van der Waals surface area contributed by atoms with Gasteiger partial charge in [0.15, 0.2) is 6.73 Å². The molecule has 2 fully saturated rings. The number of rotatable bonds is 11. The molecular formula is C29H33F6N2O9P. The maximum Gasteiger partial charge on any atom is 0.510 e. The molecule has 47 heavy (non-hydrogen) atoms. The van der Waals surface area contributed by atoms with Gasteiger partial charge in [0.2, 0.25) is 5.91 Å². The van der Waals surface area contributed by atoms with Crippen molar-refractivity contribution in [3.8, 4) is 0 Å². The molecule has 0 aromatic heterocycles. The number of nitrogens with zero attached hydrogens (tertiary/aromatic N) is 1. The van der Waals surface area contributed by atoms with Crippen molar-refractivity contribution >= 4 is 19.9 Å². The maximum atomic E-state index is 13.5. The Labute approximate surface area is 265 Å². The molecule has 2 saturated heterocycles. The van der Waals surface area contributed by atoms with Crippen LogP contribution in [0.15, 0.2) is 48.5 Å². The fraction of sp³-hybridized carbons (Fsp3) is 0.517. The van der Waals surface area contributed by atoms with Gasteiger partial charge in [0.05, 0.1) is 41.5 Å². The van der Waals surface area contributed by atoms with E-state index in [1.165, 1.54) is 11.8 Å². The molecule has 18 heteroatoms. The molecule has 1 spiro atoms. The third kappa shape index (κ3) is 9.24. The fourth-order valence-electron chi connectivity index (χ4n) is 5.71. The molecule has 260 valence electrons. The molecule has 3 atom stereocenters. The standard InChI is InChI=1S/C29H33F6N2O9P/c1-19(20-13-22(28(30,31)32)15-23(14-20)29(33,34)35)44-17-27(21-5-3-2-4-6-21)10-9-26(16-36-27)8-7-24(38)37(26)18-45-25(39)43-11-12-46-47(40,41)42/h2-6,13-15,19,36H,7-12,16-18H2,1H3,(H2,40,41,42)/t19-,26-,27-/m1/s1. The van der Waals surface area contributed by atoms with Gasteiger partial charge in [-0.2, -0.15) is 26.3 Å². The molecule has 2 aliphatic rings. The van der Waals surface area contributed by atoms with Crippen LogP contribution in [0.25, 0.3) is 0 Å². The molecule has 0 aliphatic carbocycles. The van der Waals surface area contributed by atoms with Crippen LogP contribution in [-0.4, -0.2) is 65.4 Å². The number of phosphoric ester groups is 1. The van der Waals surface area contributed by atoms with Crippen LogP contribution in [0.4, 0.5) is 31.1 Å². The van der Waals surface area contributed by atoms with Crippen molar-refractivity contribution in [2.24, 2.45) is 0 Å². The van der Waals surface area contributed by atoms with E-state index < -0.39 is 74.6 Å². The number of halogens is 6. The Bertz CT molecular complexity index is 1430. The van der Waals surface area contributed by atoms with Gasteiger partial charge in [0.25, 0.3) is 0 Å². The highest BCUT2D eigenvalue weighted by molar-refractivity contribution is 7.46. The van der Waals surface area contributed by atoms with E-state index in [4.69, 9.17) is 24.0 Å². The number of hydrogen-bond donors (Lipinski definition) is 3. The average molecular weight is 699 g/mol. The number of nitrogens with one attached hydrogen (secondary N) is 1. The van der Waals surface area contributed by atoms with Crippen LogP contribution in [0.2, 0.25) is 0 Å². The minimum atomic E-state index is -5.01. The topological polar surface area (TPSA) is 144 Å². The number of phosphoric acid groups is 1. The zero-order valence-electron chi connectivity index (χ0n) is 25.0. The first-order valence-electron chi connectivity index (χ1n) is 14.4. The van der Waals surface area contributed by atoms with Crippen molar-refractivity contribution in [3.63, 3.8) is 0 Å². The Morgan fingerprint density at radius 3 is 2.17 bits per heavy atom. The summed E-state index contributed by atoms with van der Waals surface area (Å²) in [5, 5.41) is 3.41. The van der Waals surface area contributed by atoms with Crippen molar-refractivity contribution in [1.82, 2.24) is 10.2 Å². The molecule has 0 bridgehead atoms. The van der Waals surface area contributed by atoms with Gasteiger partial charge >= 0.3 is 26.3 Å². The van der Waals surface area contributed by atoms with E-state index in [1.807, 2.05) is 0 Å². The normalized spacial score (nSPS) is 22.8. The Hall–Kier alpha value is -3.21. The SMILES string of the molecule is C[C@@H](OC[C@@]1(c2ccccc2)CC[C@]2(CCC(=O)N2COC(=O)OCCOP(=O)(O)O)CN1)c1cc(C(F)(F)F)cc(C(F)(F)F)c1. The van der Waals surface area contributed by atoms with Gasteiger partial charge in [-0.15, -0.1) is 0 Å². The zero-order chi connectivity index (χ0) is 34.7. The number of amides is 1. The molecule has 0 unspecified atom stereocenters. The van der Waals surface area contributed by atoms with Crippen molar-refractivity contribution in [3.05, 3.63) is 70.8 Å². The minimum Gasteiger partial charge on any atom is -0.432 e. The van der Waals surface area contributed by atoms with Gasteiger partial charge in [0, 0.05) is 13.0 Å². The summed E-state index contributed by atoms with van der Waals surface area (Å²) in [5.41, 5.74) is -4.18. The van der Waals surface area contributed by atoms with Crippen LogP contribution in [0.1, 0.15) is 61.0 Å². The first-order valence-corrected chi connectivity index (χ1v) is 15.9. The average Bonchev–Trinajstić information content (AvgIpc) is 3.31. The van der Waals surface area contributed by atoms with Gasteiger partial charge in [-0.05, 0) is 55.5 Å². The maximum absolute atomic E-state index is 13.5. The second-order valence-electron chi connectivity index (χ2n) is 11.3. The third-order valence-electron chi connectivity index (χ3n) is 8.31. The summed E-state index contributed by atoms with van der Waals surface area (Å²) in [6.45, 7) is -0.163. The fourth-order valence-corrected chi connectivity index (χ4v) is 6.02. The number of alkyl halides is 6. The van der Waals surface area contributed by atoms with Crippen LogP contribution in [0, 0.1) is 0 Å². The second-order valence-corrected chi connectivity index (χ2v) is 12.6. The predicted molar refractivity (Wildman–Crippen MR) is 150 cm³/mol. The van der Waals surface area contributed by atoms with Gasteiger partial charge in [0.1, 0.15) is 6.61 Å². The molecule has 2 heterocycles. The first kappa shape index (κ1) is 36.6. The lowest BCUT2D eigenvalue weighted by Crippen LogP contribution is -2.63. The Morgan fingerprint density at radius 2 is 1.62 bits per heavy atom. The molecule has 2 aromatic rings. The van der Waals surface area contributed by atoms with E-state index in [-0.39, 0.29) is 37.1 Å². The number of carbonyl (C=O) groups excluding carboxylic acids is 2. The van der Waals surface area contributed by atoms with Gasteiger partial charge < -0.3 is 34.2 Å². The van der Waals surface area contributed by atoms with Crippen molar-refractivity contribution in [2.45, 2.75) is 62.1 Å². The molecule has 0 radical (unpaired) electrons. The smallest absolute Gasteiger partial charge is 0.432 e. The predicted octanol–water partition coefficient (Wildman–Crippen LogP) is 5.66. The lowest BCUT2D eigenvalue weighted by molar-refractivity contribution is -0.143. The Balaban J connectivity index is 1.47. The van der Waals surface area contributed by atoms with Crippen LogP contribution in [-0.2, 0) is 46.0 Å². The quantitative estimate of drug-likeness (QED) is 0.116. The minimum absolute atomic E-state index is 0.0583. The summed E-state index contributed by atoms with van der Waals surface area (Å²) in [6, 6.07) is 10.2. The first-order chi connectivity index (χ1) is 21.8.